The van der Waals surface area contributed by atoms with Crippen molar-refractivity contribution >= 4 is 11.4 Å². The molecule has 0 saturated heterocycles. The van der Waals surface area contributed by atoms with Crippen LogP contribution in [0.15, 0.2) is 24.3 Å². The van der Waals surface area contributed by atoms with Gasteiger partial charge in [0.05, 0.1) is 6.04 Å². The molecule has 20 heavy (non-hydrogen) atoms. The lowest BCUT2D eigenvalue weighted by Crippen LogP contribution is -2.40. The van der Waals surface area contributed by atoms with E-state index in [-0.39, 0.29) is 11.8 Å². The number of hydrogen-bond donors (Lipinski definition) is 1. The van der Waals surface area contributed by atoms with Crippen molar-refractivity contribution in [2.45, 2.75) is 44.8 Å². The monoisotopic (exact) mass is 309 g/mol. The van der Waals surface area contributed by atoms with Crippen LogP contribution in [-0.2, 0) is 11.4 Å². The maximum Gasteiger partial charge on any atom is 0.573 e. The second kappa shape index (κ2) is 6.24. The minimum atomic E-state index is -4.70. The molecule has 0 radical (unpaired) electrons. The lowest BCUT2D eigenvalue weighted by Gasteiger charge is -2.26. The van der Waals surface area contributed by atoms with Gasteiger partial charge in [0, 0.05) is 11.4 Å². The first kappa shape index (κ1) is 17.1. The average molecular weight is 309 g/mol. The van der Waals surface area contributed by atoms with Crippen molar-refractivity contribution in [1.29, 1.82) is 0 Å². The van der Waals surface area contributed by atoms with E-state index in [1.54, 1.807) is 6.92 Å². The Morgan fingerprint density at radius 3 is 2.05 bits per heavy atom. The smallest absolute Gasteiger partial charge is 0.573 e. The van der Waals surface area contributed by atoms with Gasteiger partial charge in [-0.3, -0.25) is 0 Å². The molecule has 0 amide bonds. The molecule has 0 aliphatic heterocycles. The summed E-state index contributed by atoms with van der Waals surface area (Å²) in [5, 5.41) is 0. The van der Waals surface area contributed by atoms with Crippen LogP contribution in [0.4, 0.5) is 13.2 Å². The highest BCUT2D eigenvalue weighted by Crippen LogP contribution is 2.25. The molecule has 0 aliphatic carbocycles. The molecule has 1 aromatic rings. The molecule has 0 bridgehead atoms. The van der Waals surface area contributed by atoms with Gasteiger partial charge in [0.2, 0.25) is 0 Å². The van der Waals surface area contributed by atoms with E-state index in [1.165, 1.54) is 24.3 Å². The third-order valence-electron chi connectivity index (χ3n) is 2.45. The highest BCUT2D eigenvalue weighted by atomic mass is 32.2. The maximum absolute atomic E-state index is 12.0. The first-order chi connectivity index (χ1) is 8.99. The van der Waals surface area contributed by atoms with Gasteiger partial charge in [-0.25, -0.2) is 0 Å². The minimum Gasteiger partial charge on any atom is -0.598 e. The molecule has 1 N–H and O–H groups in total. The largest absolute Gasteiger partial charge is 0.598 e. The number of nitrogens with one attached hydrogen (secondary N) is 1. The second-order valence-corrected chi connectivity index (χ2v) is 7.34. The van der Waals surface area contributed by atoms with Crippen LogP contribution in [-0.4, -0.2) is 15.7 Å². The Morgan fingerprint density at radius 1 is 1.15 bits per heavy atom. The Bertz CT molecular complexity index is 429. The van der Waals surface area contributed by atoms with Gasteiger partial charge in [0.15, 0.2) is 0 Å². The molecular weight excluding hydrogens is 291 g/mol. The summed E-state index contributed by atoms with van der Waals surface area (Å²) in [4.78, 5) is 0. The number of alkyl halides is 3. The average Bonchev–Trinajstić information content (AvgIpc) is 2.26. The zero-order chi connectivity index (χ0) is 15.6. The van der Waals surface area contributed by atoms with Crippen LogP contribution in [0.2, 0.25) is 0 Å². The molecule has 1 rings (SSSR count). The summed E-state index contributed by atoms with van der Waals surface area (Å²) in [5.74, 6) is -0.273. The van der Waals surface area contributed by atoms with Gasteiger partial charge in [-0.05, 0) is 45.4 Å². The molecule has 0 aromatic heterocycles. The quantitative estimate of drug-likeness (QED) is 0.863. The van der Waals surface area contributed by atoms with Gasteiger partial charge >= 0.3 is 6.36 Å². The highest BCUT2D eigenvalue weighted by molar-refractivity contribution is 7.90. The summed E-state index contributed by atoms with van der Waals surface area (Å²) in [6.45, 7) is 7.30. The van der Waals surface area contributed by atoms with E-state index in [0.717, 1.165) is 5.56 Å². The van der Waals surface area contributed by atoms with E-state index < -0.39 is 22.5 Å². The van der Waals surface area contributed by atoms with Gasteiger partial charge in [0.25, 0.3) is 0 Å². The number of benzene rings is 1. The lowest BCUT2D eigenvalue weighted by atomic mass is 10.1. The Labute approximate surface area is 119 Å². The summed E-state index contributed by atoms with van der Waals surface area (Å²) >= 11 is -1.25. The molecule has 114 valence electrons. The topological polar surface area (TPSA) is 44.3 Å². The number of ether oxygens (including phenoxy) is 1. The van der Waals surface area contributed by atoms with Crippen LogP contribution in [0.5, 0.6) is 5.75 Å². The third kappa shape index (κ3) is 5.60. The highest BCUT2D eigenvalue weighted by Gasteiger charge is 2.31. The Morgan fingerprint density at radius 2 is 1.65 bits per heavy atom. The van der Waals surface area contributed by atoms with Crippen molar-refractivity contribution in [2.24, 2.45) is 0 Å². The summed E-state index contributed by atoms with van der Waals surface area (Å²) in [6.07, 6.45) is -4.70. The van der Waals surface area contributed by atoms with Crippen LogP contribution in [0.1, 0.15) is 39.3 Å². The van der Waals surface area contributed by atoms with Crippen molar-refractivity contribution in [3.05, 3.63) is 29.8 Å². The summed E-state index contributed by atoms with van der Waals surface area (Å²) in [7, 11) is 0. The molecule has 7 heteroatoms. The van der Waals surface area contributed by atoms with Gasteiger partial charge in [-0.15, -0.1) is 17.9 Å². The molecule has 0 fully saturated rings. The van der Waals surface area contributed by atoms with E-state index in [0.29, 0.717) is 0 Å². The predicted molar refractivity (Wildman–Crippen MR) is 72.6 cm³/mol. The normalized spacial score (nSPS) is 15.8. The molecule has 2 atom stereocenters. The fourth-order valence-corrected chi connectivity index (χ4v) is 2.17. The first-order valence-electron chi connectivity index (χ1n) is 6.03. The van der Waals surface area contributed by atoms with Crippen LogP contribution >= 0.6 is 0 Å². The zero-order valence-corrected chi connectivity index (χ0v) is 12.6. The fraction of sp³-hybridized carbons (Fsp3) is 0.538. The molecule has 1 unspecified atom stereocenters. The zero-order valence-electron chi connectivity index (χ0n) is 11.7. The van der Waals surface area contributed by atoms with Crippen molar-refractivity contribution in [3.8, 4) is 5.75 Å². The standard InChI is InChI=1S/C13H18F3NO2S/c1-9(17-20(18)12(2,3)4)10-5-7-11(8-6-10)19-13(14,15)16/h5-9,17H,1-4H3/t9?,20-/m1/s1. The summed E-state index contributed by atoms with van der Waals surface area (Å²) in [6, 6.07) is 5.26. The molecule has 3 nitrogen and oxygen atoms in total. The van der Waals surface area contributed by atoms with Crippen LogP contribution in [0, 0.1) is 0 Å². The minimum absolute atomic E-state index is 0.241. The van der Waals surface area contributed by atoms with Crippen molar-refractivity contribution in [2.75, 3.05) is 0 Å². The van der Waals surface area contributed by atoms with Crippen molar-refractivity contribution in [3.63, 3.8) is 0 Å². The molecule has 0 heterocycles. The van der Waals surface area contributed by atoms with E-state index in [9.17, 15) is 17.7 Å². The van der Waals surface area contributed by atoms with E-state index in [4.69, 9.17) is 0 Å². The number of rotatable bonds is 4. The SMILES string of the molecule is CC(N[S@+]([O-])C(C)(C)C)c1ccc(OC(F)(F)F)cc1. The van der Waals surface area contributed by atoms with Crippen molar-refractivity contribution in [1.82, 2.24) is 4.72 Å². The van der Waals surface area contributed by atoms with E-state index in [1.807, 2.05) is 20.8 Å². The molecule has 0 spiro atoms. The number of hydrogen-bond acceptors (Lipinski definition) is 3. The predicted octanol–water partition coefficient (Wildman–Crippen LogP) is 3.70. The fourth-order valence-electron chi connectivity index (χ4n) is 1.36. The molecule has 0 saturated carbocycles. The summed E-state index contributed by atoms with van der Waals surface area (Å²) < 4.78 is 54.3. The van der Waals surface area contributed by atoms with Crippen LogP contribution in [0.3, 0.4) is 0 Å². The molecule has 0 aliphatic rings. The Balaban J connectivity index is 2.69. The summed E-state index contributed by atoms with van der Waals surface area (Å²) in [5.41, 5.74) is 0.733. The number of halogens is 3. The van der Waals surface area contributed by atoms with Crippen LogP contribution in [0.25, 0.3) is 0 Å². The Kier molecular flexibility index (Phi) is 5.34. The maximum atomic E-state index is 12.0. The second-order valence-electron chi connectivity index (χ2n) is 5.34. The first-order valence-corrected chi connectivity index (χ1v) is 7.18. The van der Waals surface area contributed by atoms with E-state index >= 15 is 0 Å². The molecular formula is C13H18F3NO2S. The van der Waals surface area contributed by atoms with E-state index in [2.05, 4.69) is 9.46 Å². The van der Waals surface area contributed by atoms with Crippen LogP contribution < -0.4 is 9.46 Å². The Hall–Kier alpha value is -0.920. The third-order valence-corrected chi connectivity index (χ3v) is 4.13. The lowest BCUT2D eigenvalue weighted by molar-refractivity contribution is -0.274. The van der Waals surface area contributed by atoms with Gasteiger partial charge in [-0.1, -0.05) is 12.1 Å². The van der Waals surface area contributed by atoms with Gasteiger partial charge in [0.1, 0.15) is 10.5 Å². The van der Waals surface area contributed by atoms with Crippen molar-refractivity contribution < 1.29 is 22.5 Å². The van der Waals surface area contributed by atoms with Gasteiger partial charge < -0.3 is 9.29 Å². The molecule has 1 aromatic carbocycles. The van der Waals surface area contributed by atoms with Gasteiger partial charge in [-0.2, -0.15) is 0 Å².